The molecule has 186 valence electrons. The predicted molar refractivity (Wildman–Crippen MR) is 129 cm³/mol. The molecule has 3 amide bonds. The molecule has 2 bridgehead atoms. The molecule has 4 aliphatic heterocycles. The second-order valence-corrected chi connectivity index (χ2v) is 12.2. The van der Waals surface area contributed by atoms with E-state index in [1.807, 2.05) is 6.92 Å². The molecule has 0 aromatic carbocycles. The van der Waals surface area contributed by atoms with Crippen LogP contribution in [0.15, 0.2) is 0 Å². The Bertz CT molecular complexity index is 769. The quantitative estimate of drug-likeness (QED) is 0.343. The van der Waals surface area contributed by atoms with E-state index in [1.54, 1.807) is 23.6 Å². The number of carbonyl (C=O) groups is 3. The topological polar surface area (TPSA) is 111 Å². The lowest BCUT2D eigenvalue weighted by Crippen LogP contribution is -2.57. The molecule has 9 nitrogen and oxygen atoms in total. The van der Waals surface area contributed by atoms with Crippen LogP contribution in [-0.2, 0) is 19.1 Å². The summed E-state index contributed by atoms with van der Waals surface area (Å²) in [4.78, 5) is 44.3. The first kappa shape index (κ1) is 25.2. The molecular formula is C22H35BrN4O5S. The van der Waals surface area contributed by atoms with Gasteiger partial charge < -0.3 is 25.4 Å². The number of aliphatic hydroxyl groups excluding tert-OH is 1. The SMILES string of the molecule is CCCNC(=O)[C@H]1[C@@H]2SC3(CC2Br)C(C(=O)NCCN2CCOCC2)N([C@H](C)CO)C(=O)[C@H]13. The van der Waals surface area contributed by atoms with E-state index in [2.05, 4.69) is 31.5 Å². The molecule has 0 aromatic heterocycles. The number of likely N-dealkylation sites (tertiary alicyclic amines) is 1. The summed E-state index contributed by atoms with van der Waals surface area (Å²) in [6, 6.07) is -1.21. The number of nitrogens with one attached hydrogen (secondary N) is 2. The van der Waals surface area contributed by atoms with Crippen molar-refractivity contribution in [2.75, 3.05) is 52.5 Å². The fourth-order valence-electron chi connectivity index (χ4n) is 5.85. The van der Waals surface area contributed by atoms with Gasteiger partial charge in [-0.3, -0.25) is 19.3 Å². The number of nitrogens with zero attached hydrogens (tertiary/aromatic N) is 2. The second-order valence-electron chi connectivity index (χ2n) is 9.48. The first-order valence-corrected chi connectivity index (χ1v) is 13.8. The number of alkyl halides is 1. The third-order valence-electron chi connectivity index (χ3n) is 7.40. The number of amides is 3. The molecule has 3 N–H and O–H groups in total. The number of ether oxygens (including phenoxy) is 1. The van der Waals surface area contributed by atoms with Crippen molar-refractivity contribution in [3.05, 3.63) is 0 Å². The maximum atomic E-state index is 13.7. The molecule has 11 heteroatoms. The minimum atomic E-state index is -0.708. The largest absolute Gasteiger partial charge is 0.394 e. The molecule has 4 heterocycles. The Balaban J connectivity index is 1.56. The van der Waals surface area contributed by atoms with Crippen molar-refractivity contribution in [2.24, 2.45) is 11.8 Å². The smallest absolute Gasteiger partial charge is 0.244 e. The molecule has 4 saturated heterocycles. The summed E-state index contributed by atoms with van der Waals surface area (Å²) in [7, 11) is 0. The van der Waals surface area contributed by atoms with E-state index in [9.17, 15) is 19.5 Å². The predicted octanol–water partition coefficient (Wildman–Crippen LogP) is -0.194. The molecule has 7 atom stereocenters. The van der Waals surface area contributed by atoms with Crippen LogP contribution in [0, 0.1) is 11.8 Å². The Labute approximate surface area is 207 Å². The number of aliphatic hydroxyl groups is 1. The minimum Gasteiger partial charge on any atom is -0.394 e. The molecule has 4 fully saturated rings. The van der Waals surface area contributed by atoms with Crippen LogP contribution < -0.4 is 10.6 Å². The van der Waals surface area contributed by atoms with Gasteiger partial charge in [-0.15, -0.1) is 11.8 Å². The molecule has 0 aromatic rings. The molecule has 4 rings (SSSR count). The number of halogens is 1. The van der Waals surface area contributed by atoms with Gasteiger partial charge in [-0.1, -0.05) is 22.9 Å². The van der Waals surface area contributed by atoms with Crippen molar-refractivity contribution in [2.45, 2.75) is 53.6 Å². The first-order chi connectivity index (χ1) is 15.9. The third-order valence-corrected chi connectivity index (χ3v) is 10.6. The molecule has 0 radical (unpaired) electrons. The van der Waals surface area contributed by atoms with E-state index in [1.165, 1.54) is 0 Å². The van der Waals surface area contributed by atoms with Crippen LogP contribution in [0.3, 0.4) is 0 Å². The van der Waals surface area contributed by atoms with Gasteiger partial charge in [0.2, 0.25) is 17.7 Å². The number of thioether (sulfide) groups is 1. The Kier molecular flexibility index (Phi) is 7.94. The molecule has 4 aliphatic rings. The van der Waals surface area contributed by atoms with Gasteiger partial charge >= 0.3 is 0 Å². The van der Waals surface area contributed by atoms with Crippen molar-refractivity contribution in [3.63, 3.8) is 0 Å². The van der Waals surface area contributed by atoms with E-state index in [0.717, 1.165) is 26.1 Å². The highest BCUT2D eigenvalue weighted by Crippen LogP contribution is 2.67. The van der Waals surface area contributed by atoms with Crippen LogP contribution in [0.4, 0.5) is 0 Å². The monoisotopic (exact) mass is 546 g/mol. The van der Waals surface area contributed by atoms with Crippen LogP contribution in [0.1, 0.15) is 26.7 Å². The van der Waals surface area contributed by atoms with Gasteiger partial charge in [-0.05, 0) is 19.8 Å². The van der Waals surface area contributed by atoms with Crippen molar-refractivity contribution in [1.82, 2.24) is 20.4 Å². The van der Waals surface area contributed by atoms with Crippen LogP contribution >= 0.6 is 27.7 Å². The summed E-state index contributed by atoms with van der Waals surface area (Å²) in [6.07, 6.45) is 1.46. The second kappa shape index (κ2) is 10.4. The van der Waals surface area contributed by atoms with Crippen LogP contribution in [0.25, 0.3) is 0 Å². The molecular weight excluding hydrogens is 512 g/mol. The lowest BCUT2D eigenvalue weighted by Gasteiger charge is -2.36. The lowest BCUT2D eigenvalue weighted by molar-refractivity contribution is -0.142. The lowest BCUT2D eigenvalue weighted by atomic mass is 9.70. The van der Waals surface area contributed by atoms with Crippen molar-refractivity contribution < 1.29 is 24.2 Å². The highest BCUT2D eigenvalue weighted by atomic mass is 79.9. The molecule has 0 saturated carbocycles. The third kappa shape index (κ3) is 4.44. The van der Waals surface area contributed by atoms with Gasteiger partial charge in [-0.2, -0.15) is 0 Å². The Morgan fingerprint density at radius 2 is 1.97 bits per heavy atom. The van der Waals surface area contributed by atoms with E-state index >= 15 is 0 Å². The minimum absolute atomic E-state index is 0.0500. The van der Waals surface area contributed by atoms with Crippen LogP contribution in [0.2, 0.25) is 0 Å². The van der Waals surface area contributed by atoms with E-state index in [-0.39, 0.29) is 34.4 Å². The molecule has 0 aliphatic carbocycles. The molecule has 1 spiro atoms. The van der Waals surface area contributed by atoms with Crippen LogP contribution in [-0.4, -0.2) is 112 Å². The average molecular weight is 548 g/mol. The fourth-order valence-corrected chi connectivity index (χ4v) is 9.45. The number of fused-ring (bicyclic) bond motifs is 1. The van der Waals surface area contributed by atoms with Gasteiger partial charge in [0.1, 0.15) is 6.04 Å². The zero-order chi connectivity index (χ0) is 23.8. The number of hydrogen-bond acceptors (Lipinski definition) is 7. The normalized spacial score (nSPS) is 36.7. The summed E-state index contributed by atoms with van der Waals surface area (Å²) in [5.41, 5.74) is 0. The fraction of sp³-hybridized carbons (Fsp3) is 0.864. The van der Waals surface area contributed by atoms with Crippen molar-refractivity contribution in [3.8, 4) is 0 Å². The zero-order valence-corrected chi connectivity index (χ0v) is 21.7. The number of rotatable bonds is 9. The van der Waals surface area contributed by atoms with Gasteiger partial charge in [0.15, 0.2) is 0 Å². The molecule has 3 unspecified atom stereocenters. The average Bonchev–Trinajstić information content (AvgIpc) is 3.41. The Morgan fingerprint density at radius 3 is 2.64 bits per heavy atom. The molecule has 33 heavy (non-hydrogen) atoms. The van der Waals surface area contributed by atoms with E-state index in [4.69, 9.17) is 4.74 Å². The summed E-state index contributed by atoms with van der Waals surface area (Å²) >= 11 is 5.37. The highest BCUT2D eigenvalue weighted by Gasteiger charge is 2.75. The summed E-state index contributed by atoms with van der Waals surface area (Å²) < 4.78 is 4.71. The van der Waals surface area contributed by atoms with Crippen molar-refractivity contribution in [1.29, 1.82) is 0 Å². The standard InChI is InChI=1S/C22H35BrN4O5S/c1-3-4-24-19(29)15-16-21(31)27(13(2)12-28)18(22(16)11-14(23)17(15)33-22)20(30)25-5-6-26-7-9-32-10-8-26/h13-18,28H,3-12H2,1-2H3,(H,24,29)(H,25,30)/t13-,14?,15-,16+,17-,18?,22?/m1/s1. The Hall–Kier alpha value is -0.880. The number of hydrogen-bond donors (Lipinski definition) is 3. The summed E-state index contributed by atoms with van der Waals surface area (Å²) in [5.74, 6) is -1.52. The maximum Gasteiger partial charge on any atom is 0.244 e. The Morgan fingerprint density at radius 1 is 1.27 bits per heavy atom. The maximum absolute atomic E-state index is 13.7. The number of carbonyl (C=O) groups excluding carboxylic acids is 3. The van der Waals surface area contributed by atoms with E-state index in [0.29, 0.717) is 32.7 Å². The summed E-state index contributed by atoms with van der Waals surface area (Å²) in [5, 5.41) is 15.9. The van der Waals surface area contributed by atoms with Gasteiger partial charge in [0.25, 0.3) is 0 Å². The van der Waals surface area contributed by atoms with Gasteiger partial charge in [-0.25, -0.2) is 0 Å². The van der Waals surface area contributed by atoms with Gasteiger partial charge in [0, 0.05) is 42.8 Å². The number of morpholine rings is 1. The highest BCUT2D eigenvalue weighted by molar-refractivity contribution is 9.09. The van der Waals surface area contributed by atoms with E-state index < -0.39 is 28.7 Å². The summed E-state index contributed by atoms with van der Waals surface area (Å²) in [6.45, 7) is 8.38. The van der Waals surface area contributed by atoms with Crippen LogP contribution in [0.5, 0.6) is 0 Å². The van der Waals surface area contributed by atoms with Gasteiger partial charge in [0.05, 0.1) is 42.4 Å². The zero-order valence-electron chi connectivity index (χ0n) is 19.3. The van der Waals surface area contributed by atoms with Crippen molar-refractivity contribution >= 4 is 45.4 Å². The first-order valence-electron chi connectivity index (χ1n) is 12.0.